The number of piperidine rings is 1. The number of benzene rings is 2. The van der Waals surface area contributed by atoms with Crippen LogP contribution in [-0.4, -0.2) is 90.7 Å². The number of rotatable bonds is 7. The monoisotopic (exact) mass is 669 g/mol. The van der Waals surface area contributed by atoms with Gasteiger partial charge in [0, 0.05) is 35.0 Å². The fourth-order valence-corrected chi connectivity index (χ4v) is 8.47. The zero-order chi connectivity index (χ0) is 31.1. The molecule has 2 aromatic rings. The van der Waals surface area contributed by atoms with E-state index in [2.05, 4.69) is 10.6 Å². The number of piperazine rings is 1. The summed E-state index contributed by atoms with van der Waals surface area (Å²) in [5, 5.41) is 6.75. The minimum atomic E-state index is -4.33. The van der Waals surface area contributed by atoms with Crippen LogP contribution in [0.5, 0.6) is 0 Å². The summed E-state index contributed by atoms with van der Waals surface area (Å²) in [6.07, 6.45) is 0.297. The molecule has 3 amide bonds. The van der Waals surface area contributed by atoms with Crippen molar-refractivity contribution in [1.29, 1.82) is 0 Å². The summed E-state index contributed by atoms with van der Waals surface area (Å²) in [5.74, 6) is -1.44. The lowest BCUT2D eigenvalue weighted by atomic mass is 9.95. The minimum absolute atomic E-state index is 0.0429. The number of nitrogens with zero attached hydrogens (tertiary/aromatic N) is 3. The summed E-state index contributed by atoms with van der Waals surface area (Å²) in [6.45, 7) is 4.67. The molecule has 3 aliphatic rings. The number of nitrogens with one attached hydrogen (secondary N) is 2. The van der Waals surface area contributed by atoms with Gasteiger partial charge in [-0.2, -0.15) is 4.31 Å². The third kappa shape index (κ3) is 6.53. The quantitative estimate of drug-likeness (QED) is 0.468. The maximum absolute atomic E-state index is 14.3. The fraction of sp³-hybridized carbons (Fsp3) is 0.483. The molecule has 0 saturated carbocycles. The molecule has 0 radical (unpaired) electrons. The SMILES string of the molecule is CC(C)N1CC2N(C(=O)C(NC(=O)C3CCNCC3)CN2S(=O)(=O)c2ccc(Cl)cc2Cl)C(Cc2ccc(Cl)cc2)C1=O. The van der Waals surface area contributed by atoms with E-state index in [-0.39, 0.29) is 58.2 Å². The van der Waals surface area contributed by atoms with Crippen molar-refractivity contribution in [3.8, 4) is 0 Å². The Morgan fingerprint density at radius 1 is 0.977 bits per heavy atom. The lowest BCUT2D eigenvalue weighted by molar-refractivity contribution is -0.169. The van der Waals surface area contributed by atoms with Crippen LogP contribution in [0, 0.1) is 5.92 Å². The van der Waals surface area contributed by atoms with Gasteiger partial charge in [-0.1, -0.05) is 46.9 Å². The van der Waals surface area contributed by atoms with Gasteiger partial charge in [0.05, 0.1) is 11.6 Å². The molecule has 232 valence electrons. The van der Waals surface area contributed by atoms with Gasteiger partial charge in [0.2, 0.25) is 27.7 Å². The van der Waals surface area contributed by atoms with E-state index in [4.69, 9.17) is 34.8 Å². The second-order valence-corrected chi connectivity index (χ2v) is 14.5. The predicted octanol–water partition coefficient (Wildman–Crippen LogP) is 3.15. The molecular weight excluding hydrogens is 637 g/mol. The molecule has 3 unspecified atom stereocenters. The van der Waals surface area contributed by atoms with Crippen LogP contribution >= 0.6 is 34.8 Å². The molecule has 14 heteroatoms. The molecule has 3 heterocycles. The number of hydrogen-bond acceptors (Lipinski definition) is 6. The maximum Gasteiger partial charge on any atom is 0.248 e. The smallest absolute Gasteiger partial charge is 0.248 e. The Bertz CT molecular complexity index is 1500. The van der Waals surface area contributed by atoms with E-state index >= 15 is 0 Å². The van der Waals surface area contributed by atoms with Crippen molar-refractivity contribution in [1.82, 2.24) is 24.7 Å². The van der Waals surface area contributed by atoms with Crippen LogP contribution < -0.4 is 10.6 Å². The molecule has 0 aliphatic carbocycles. The number of carbonyl (C=O) groups is 3. The van der Waals surface area contributed by atoms with Crippen molar-refractivity contribution >= 4 is 62.5 Å². The van der Waals surface area contributed by atoms with Gasteiger partial charge in [-0.15, -0.1) is 0 Å². The molecule has 2 N–H and O–H groups in total. The predicted molar refractivity (Wildman–Crippen MR) is 164 cm³/mol. The van der Waals surface area contributed by atoms with Gasteiger partial charge in [-0.3, -0.25) is 14.4 Å². The van der Waals surface area contributed by atoms with E-state index in [1.807, 2.05) is 13.8 Å². The first-order valence-corrected chi connectivity index (χ1v) is 16.8. The highest BCUT2D eigenvalue weighted by molar-refractivity contribution is 7.89. The Balaban J connectivity index is 1.58. The lowest BCUT2D eigenvalue weighted by Gasteiger charge is -2.54. The molecule has 5 rings (SSSR count). The first kappa shape index (κ1) is 32.0. The molecule has 0 spiro atoms. The molecule has 0 aromatic heterocycles. The van der Waals surface area contributed by atoms with Crippen LogP contribution in [0.15, 0.2) is 47.4 Å². The van der Waals surface area contributed by atoms with Crippen LogP contribution in [0.25, 0.3) is 0 Å². The highest BCUT2D eigenvalue weighted by atomic mass is 35.5. The summed E-state index contributed by atoms with van der Waals surface area (Å²) < 4.78 is 29.8. The highest BCUT2D eigenvalue weighted by Crippen LogP contribution is 2.35. The van der Waals surface area contributed by atoms with Crippen LogP contribution in [0.2, 0.25) is 15.1 Å². The number of fused-ring (bicyclic) bond motifs is 1. The number of carbonyl (C=O) groups excluding carboxylic acids is 3. The highest BCUT2D eigenvalue weighted by Gasteiger charge is 2.54. The van der Waals surface area contributed by atoms with Gasteiger partial charge in [0.15, 0.2) is 0 Å². The van der Waals surface area contributed by atoms with Crippen molar-refractivity contribution in [2.45, 2.75) is 62.3 Å². The van der Waals surface area contributed by atoms with Crippen molar-refractivity contribution < 1.29 is 22.8 Å². The topological polar surface area (TPSA) is 119 Å². The van der Waals surface area contributed by atoms with Gasteiger partial charge < -0.3 is 20.4 Å². The third-order valence-electron chi connectivity index (χ3n) is 8.31. The summed E-state index contributed by atoms with van der Waals surface area (Å²) in [6, 6.07) is 8.53. The van der Waals surface area contributed by atoms with Crippen molar-refractivity contribution in [3.05, 3.63) is 63.1 Å². The maximum atomic E-state index is 14.3. The summed E-state index contributed by atoms with van der Waals surface area (Å²) in [4.78, 5) is 44.2. The summed E-state index contributed by atoms with van der Waals surface area (Å²) in [5.41, 5.74) is 0.746. The number of halogens is 3. The largest absolute Gasteiger partial charge is 0.343 e. The van der Waals surface area contributed by atoms with E-state index in [1.54, 1.807) is 29.2 Å². The zero-order valence-corrected chi connectivity index (χ0v) is 26.9. The van der Waals surface area contributed by atoms with Crippen LogP contribution in [0.3, 0.4) is 0 Å². The van der Waals surface area contributed by atoms with E-state index in [9.17, 15) is 22.8 Å². The number of amides is 3. The molecule has 3 aliphatic heterocycles. The lowest BCUT2D eigenvalue weighted by Crippen LogP contribution is -2.76. The molecule has 3 fully saturated rings. The molecule has 3 atom stereocenters. The zero-order valence-electron chi connectivity index (χ0n) is 23.8. The Morgan fingerprint density at radius 3 is 2.26 bits per heavy atom. The second-order valence-electron chi connectivity index (χ2n) is 11.4. The molecule has 3 saturated heterocycles. The molecule has 10 nitrogen and oxygen atoms in total. The number of sulfonamides is 1. The van der Waals surface area contributed by atoms with Crippen LogP contribution in [-0.2, 0) is 30.8 Å². The molecule has 0 bridgehead atoms. The fourth-order valence-electron chi connectivity index (χ4n) is 6.01. The number of hydrogen-bond donors (Lipinski definition) is 2. The standard InChI is InChI=1S/C29H34Cl3N5O5S/c1-17(2)35-16-26-36(43(41,42)25-8-7-21(31)14-22(25)32)15-23(34-27(38)19-9-11-33-12-10-19)28(39)37(26)24(29(35)40)13-18-3-5-20(30)6-4-18/h3-8,14,17,19,23-24,26,33H,9-13,15-16H2,1-2H3,(H,34,38). The van der Waals surface area contributed by atoms with Gasteiger partial charge in [0.25, 0.3) is 0 Å². The Morgan fingerprint density at radius 2 is 1.63 bits per heavy atom. The van der Waals surface area contributed by atoms with Crippen molar-refractivity contribution in [2.75, 3.05) is 26.2 Å². The van der Waals surface area contributed by atoms with E-state index in [1.165, 1.54) is 27.4 Å². The van der Waals surface area contributed by atoms with Gasteiger partial charge in [-0.25, -0.2) is 8.42 Å². The normalized spacial score (nSPS) is 23.9. The first-order chi connectivity index (χ1) is 20.4. The van der Waals surface area contributed by atoms with Gasteiger partial charge >= 0.3 is 0 Å². The average molecular weight is 671 g/mol. The molecule has 43 heavy (non-hydrogen) atoms. The Kier molecular flexibility index (Phi) is 9.60. The minimum Gasteiger partial charge on any atom is -0.343 e. The Hall–Kier alpha value is -2.41. The van der Waals surface area contributed by atoms with Crippen LogP contribution in [0.1, 0.15) is 32.3 Å². The third-order valence-corrected chi connectivity index (χ3v) is 11.1. The van der Waals surface area contributed by atoms with Crippen molar-refractivity contribution in [2.24, 2.45) is 5.92 Å². The summed E-state index contributed by atoms with van der Waals surface area (Å²) in [7, 11) is -4.33. The van der Waals surface area contributed by atoms with E-state index < -0.39 is 34.2 Å². The van der Waals surface area contributed by atoms with E-state index in [0.717, 1.165) is 5.56 Å². The second kappa shape index (κ2) is 12.9. The molecule has 2 aromatic carbocycles. The Labute approximate surface area is 266 Å². The van der Waals surface area contributed by atoms with Crippen molar-refractivity contribution in [3.63, 3.8) is 0 Å². The van der Waals surface area contributed by atoms with Gasteiger partial charge in [0.1, 0.15) is 23.1 Å². The van der Waals surface area contributed by atoms with E-state index in [0.29, 0.717) is 31.0 Å². The average Bonchev–Trinajstić information content (AvgIpc) is 2.96. The van der Waals surface area contributed by atoms with Gasteiger partial charge in [-0.05, 0) is 75.7 Å². The summed E-state index contributed by atoms with van der Waals surface area (Å²) >= 11 is 18.5. The van der Waals surface area contributed by atoms with Crippen LogP contribution in [0.4, 0.5) is 0 Å². The molecular formula is C29H34Cl3N5O5S. The first-order valence-electron chi connectivity index (χ1n) is 14.2.